The van der Waals surface area contributed by atoms with E-state index >= 15 is 0 Å². The van der Waals surface area contributed by atoms with Gasteiger partial charge in [0.05, 0.1) is 11.0 Å². The predicted octanol–water partition coefficient (Wildman–Crippen LogP) is 13.2. The van der Waals surface area contributed by atoms with Gasteiger partial charge in [-0.3, -0.25) is 0 Å². The van der Waals surface area contributed by atoms with E-state index in [0.29, 0.717) is 17.5 Å². The van der Waals surface area contributed by atoms with Crippen LogP contribution in [-0.2, 0) is 0 Å². The molecule has 0 bridgehead atoms. The highest BCUT2D eigenvalue weighted by Crippen LogP contribution is 2.43. The van der Waals surface area contributed by atoms with Crippen molar-refractivity contribution >= 4 is 43.7 Å². The summed E-state index contributed by atoms with van der Waals surface area (Å²) < 4.78 is 8.94. The van der Waals surface area contributed by atoms with Gasteiger partial charge in [0.15, 0.2) is 17.5 Å². The molecule has 3 aromatic heterocycles. The molecule has 3 heterocycles. The maximum absolute atomic E-state index is 6.58. The van der Waals surface area contributed by atoms with Gasteiger partial charge < -0.3 is 8.98 Å². The van der Waals surface area contributed by atoms with Crippen molar-refractivity contribution in [2.75, 3.05) is 0 Å². The molecular weight excluding hydrogens is 685 g/mol. The quantitative estimate of drug-likeness (QED) is 0.172. The van der Waals surface area contributed by atoms with E-state index < -0.39 is 0 Å². The number of nitrogens with zero attached hydrogens (tertiary/aromatic N) is 4. The minimum absolute atomic E-state index is 0.611. The van der Waals surface area contributed by atoms with Crippen molar-refractivity contribution < 1.29 is 4.42 Å². The fraction of sp³-hybridized carbons (Fsp3) is 0. The van der Waals surface area contributed by atoms with Gasteiger partial charge in [-0.25, -0.2) is 15.0 Å². The molecule has 0 fully saturated rings. The Hall–Kier alpha value is -7.63. The average molecular weight is 717 g/mol. The SMILES string of the molecule is c1ccc(-c2ccc(-c3nc(-c4ccccc4)nc(-c4ccc5c6cccc(-c7cccc8c7oc7ccccc78)c6n(-c6ccccc6)c5c4)n3)cc2)cc1. The van der Waals surface area contributed by atoms with Crippen molar-refractivity contribution in [3.63, 3.8) is 0 Å². The van der Waals surface area contributed by atoms with Crippen LogP contribution in [0, 0.1) is 0 Å². The first-order valence-electron chi connectivity index (χ1n) is 18.8. The summed E-state index contributed by atoms with van der Waals surface area (Å²) in [6, 6.07) is 67.4. The fourth-order valence-electron chi connectivity index (χ4n) is 8.02. The molecule has 0 unspecified atom stereocenters. The summed E-state index contributed by atoms with van der Waals surface area (Å²) in [5, 5.41) is 4.51. The molecule has 11 aromatic rings. The van der Waals surface area contributed by atoms with Crippen LogP contribution in [0.2, 0.25) is 0 Å². The highest BCUT2D eigenvalue weighted by molar-refractivity contribution is 6.17. The lowest BCUT2D eigenvalue weighted by molar-refractivity contribution is 0.670. The zero-order chi connectivity index (χ0) is 37.0. The largest absolute Gasteiger partial charge is 0.455 e. The number of rotatable bonds is 6. The maximum Gasteiger partial charge on any atom is 0.164 e. The summed E-state index contributed by atoms with van der Waals surface area (Å²) in [5.41, 5.74) is 12.2. The highest BCUT2D eigenvalue weighted by Gasteiger charge is 2.21. The molecule has 0 saturated carbocycles. The lowest BCUT2D eigenvalue weighted by atomic mass is 9.99. The summed E-state index contributed by atoms with van der Waals surface area (Å²) in [6.07, 6.45) is 0. The minimum atomic E-state index is 0.611. The molecule has 11 rings (SSSR count). The van der Waals surface area contributed by atoms with Crippen molar-refractivity contribution in [3.8, 4) is 62.1 Å². The van der Waals surface area contributed by atoms with E-state index in [0.717, 1.165) is 82.8 Å². The monoisotopic (exact) mass is 716 g/mol. The van der Waals surface area contributed by atoms with Gasteiger partial charge in [0.25, 0.3) is 0 Å². The standard InChI is InChI=1S/C51H32N4O/c1-4-14-33(15-5-1)34-26-28-36(29-27-34)50-52-49(35-16-6-2-7-17-35)53-51(54-50)37-30-31-39-41-21-12-22-42(47(41)55(45(39)32-37)38-18-8-3-9-19-38)44-24-13-23-43-40-20-10-11-25-46(40)56-48(43)44/h1-32H. The Kier molecular flexibility index (Phi) is 7.42. The number of hydrogen-bond donors (Lipinski definition) is 0. The Morgan fingerprint density at radius 1 is 0.357 bits per heavy atom. The van der Waals surface area contributed by atoms with Crippen LogP contribution in [0.4, 0.5) is 0 Å². The van der Waals surface area contributed by atoms with Gasteiger partial charge >= 0.3 is 0 Å². The van der Waals surface area contributed by atoms with Crippen molar-refractivity contribution in [3.05, 3.63) is 194 Å². The van der Waals surface area contributed by atoms with Crippen LogP contribution < -0.4 is 0 Å². The van der Waals surface area contributed by atoms with E-state index in [9.17, 15) is 0 Å². The summed E-state index contributed by atoms with van der Waals surface area (Å²) in [7, 11) is 0. The van der Waals surface area contributed by atoms with Crippen molar-refractivity contribution in [1.82, 2.24) is 19.5 Å². The molecule has 0 amide bonds. The highest BCUT2D eigenvalue weighted by atomic mass is 16.3. The molecule has 262 valence electrons. The maximum atomic E-state index is 6.58. The first-order chi connectivity index (χ1) is 27.8. The van der Waals surface area contributed by atoms with Crippen LogP contribution in [0.3, 0.4) is 0 Å². The Morgan fingerprint density at radius 2 is 0.875 bits per heavy atom. The lowest BCUT2D eigenvalue weighted by Gasteiger charge is -2.12. The van der Waals surface area contributed by atoms with Gasteiger partial charge in [-0.1, -0.05) is 170 Å². The molecular formula is C51H32N4O. The number of benzene rings is 8. The van der Waals surface area contributed by atoms with E-state index in [4.69, 9.17) is 19.4 Å². The van der Waals surface area contributed by atoms with Crippen LogP contribution >= 0.6 is 0 Å². The fourth-order valence-corrected chi connectivity index (χ4v) is 8.02. The predicted molar refractivity (Wildman–Crippen MR) is 229 cm³/mol. The Morgan fingerprint density at radius 3 is 1.61 bits per heavy atom. The van der Waals surface area contributed by atoms with Crippen LogP contribution in [0.5, 0.6) is 0 Å². The third-order valence-electron chi connectivity index (χ3n) is 10.7. The van der Waals surface area contributed by atoms with Crippen molar-refractivity contribution in [2.45, 2.75) is 0 Å². The molecule has 0 saturated heterocycles. The minimum Gasteiger partial charge on any atom is -0.455 e. The van der Waals surface area contributed by atoms with Gasteiger partial charge in [0, 0.05) is 55.0 Å². The van der Waals surface area contributed by atoms with E-state index in [1.54, 1.807) is 0 Å². The topological polar surface area (TPSA) is 56.7 Å². The normalized spacial score (nSPS) is 11.6. The number of para-hydroxylation sites is 4. The zero-order valence-electron chi connectivity index (χ0n) is 30.2. The molecule has 0 aliphatic carbocycles. The average Bonchev–Trinajstić information content (AvgIpc) is 3.83. The second-order valence-corrected chi connectivity index (χ2v) is 14.0. The number of aromatic nitrogens is 4. The van der Waals surface area contributed by atoms with Crippen LogP contribution in [-0.4, -0.2) is 19.5 Å². The van der Waals surface area contributed by atoms with E-state index in [1.165, 1.54) is 5.56 Å². The Bertz CT molecular complexity index is 3220. The van der Waals surface area contributed by atoms with Gasteiger partial charge in [-0.2, -0.15) is 0 Å². The van der Waals surface area contributed by atoms with Gasteiger partial charge in [-0.15, -0.1) is 0 Å². The lowest BCUT2D eigenvalue weighted by Crippen LogP contribution is -2.00. The van der Waals surface area contributed by atoms with Crippen molar-refractivity contribution in [1.29, 1.82) is 0 Å². The molecule has 0 aliphatic rings. The van der Waals surface area contributed by atoms with Crippen molar-refractivity contribution in [2.24, 2.45) is 0 Å². The Labute approximate surface area is 322 Å². The molecule has 56 heavy (non-hydrogen) atoms. The smallest absolute Gasteiger partial charge is 0.164 e. The first kappa shape index (κ1) is 31.9. The molecule has 5 heteroatoms. The first-order valence-corrected chi connectivity index (χ1v) is 18.8. The van der Waals surface area contributed by atoms with Gasteiger partial charge in [-0.05, 0) is 35.4 Å². The van der Waals surface area contributed by atoms with Crippen LogP contribution in [0.1, 0.15) is 0 Å². The number of fused-ring (bicyclic) bond motifs is 6. The summed E-state index contributed by atoms with van der Waals surface area (Å²) in [5.74, 6) is 1.86. The van der Waals surface area contributed by atoms with Crippen LogP contribution in [0.15, 0.2) is 199 Å². The van der Waals surface area contributed by atoms with Crippen LogP contribution in [0.25, 0.3) is 106 Å². The Balaban J connectivity index is 1.13. The number of hydrogen-bond acceptors (Lipinski definition) is 4. The van der Waals surface area contributed by atoms with E-state index in [-0.39, 0.29) is 0 Å². The molecule has 0 radical (unpaired) electrons. The third-order valence-corrected chi connectivity index (χ3v) is 10.7. The molecule has 5 nitrogen and oxygen atoms in total. The molecule has 0 spiro atoms. The summed E-state index contributed by atoms with van der Waals surface area (Å²) in [4.78, 5) is 15.3. The third kappa shape index (κ3) is 5.29. The molecule has 0 atom stereocenters. The van der Waals surface area contributed by atoms with Gasteiger partial charge in [0.2, 0.25) is 0 Å². The summed E-state index contributed by atoms with van der Waals surface area (Å²) in [6.45, 7) is 0. The zero-order valence-corrected chi connectivity index (χ0v) is 30.2. The second-order valence-electron chi connectivity index (χ2n) is 14.0. The van der Waals surface area contributed by atoms with E-state index in [1.807, 2.05) is 48.5 Å². The molecule has 0 aliphatic heterocycles. The van der Waals surface area contributed by atoms with Gasteiger partial charge in [0.1, 0.15) is 11.2 Å². The van der Waals surface area contributed by atoms with E-state index in [2.05, 4.69) is 150 Å². The summed E-state index contributed by atoms with van der Waals surface area (Å²) >= 11 is 0. The second kappa shape index (κ2) is 13.0. The molecule has 8 aromatic carbocycles. The number of furan rings is 1. The molecule has 0 N–H and O–H groups in total.